The molecule has 0 aliphatic heterocycles. The highest BCUT2D eigenvalue weighted by molar-refractivity contribution is 5.27. The maximum absolute atomic E-state index is 12.2. The van der Waals surface area contributed by atoms with Crippen molar-refractivity contribution in [1.29, 1.82) is 0 Å². The molecule has 4 aliphatic rings. The lowest BCUT2D eigenvalue weighted by molar-refractivity contribution is -0.201. The first kappa shape index (κ1) is 18.9. The van der Waals surface area contributed by atoms with E-state index in [1.54, 1.807) is 6.26 Å². The minimum atomic E-state index is -0.607. The van der Waals surface area contributed by atoms with Crippen molar-refractivity contribution in [1.82, 2.24) is 0 Å². The summed E-state index contributed by atoms with van der Waals surface area (Å²) in [6.07, 6.45) is 11.6. The third-order valence-electron chi connectivity index (χ3n) is 10.0. The van der Waals surface area contributed by atoms with E-state index in [2.05, 4.69) is 13.8 Å². The molecule has 8 atom stereocenters. The molecule has 28 heavy (non-hydrogen) atoms. The Kier molecular flexibility index (Phi) is 4.17. The highest BCUT2D eigenvalue weighted by atomic mass is 16.4. The molecule has 4 nitrogen and oxygen atoms in total. The van der Waals surface area contributed by atoms with Crippen LogP contribution < -0.4 is 11.4 Å². The highest BCUT2D eigenvalue weighted by Crippen LogP contribution is 2.70. The molecular formula is C24H35NO3. The monoisotopic (exact) mass is 385 g/mol. The maximum Gasteiger partial charge on any atom is 0.335 e. The second-order valence-electron chi connectivity index (χ2n) is 10.9. The molecule has 1 aromatic rings. The van der Waals surface area contributed by atoms with Crippen LogP contribution in [0.4, 0.5) is 0 Å². The summed E-state index contributed by atoms with van der Waals surface area (Å²) in [6.45, 7) is 4.81. The van der Waals surface area contributed by atoms with Gasteiger partial charge in [0.15, 0.2) is 0 Å². The van der Waals surface area contributed by atoms with Gasteiger partial charge in [-0.15, -0.1) is 0 Å². The van der Waals surface area contributed by atoms with Crippen LogP contribution in [0.3, 0.4) is 0 Å². The van der Waals surface area contributed by atoms with Crippen molar-refractivity contribution in [2.75, 3.05) is 0 Å². The fourth-order valence-electron chi connectivity index (χ4n) is 8.36. The largest absolute Gasteiger partial charge is 0.431 e. The van der Waals surface area contributed by atoms with Gasteiger partial charge in [0.05, 0.1) is 11.9 Å². The van der Waals surface area contributed by atoms with E-state index in [4.69, 9.17) is 10.2 Å². The van der Waals surface area contributed by atoms with Crippen molar-refractivity contribution < 1.29 is 9.52 Å². The molecule has 154 valence electrons. The summed E-state index contributed by atoms with van der Waals surface area (Å²) >= 11 is 0. The Balaban J connectivity index is 1.48. The summed E-state index contributed by atoms with van der Waals surface area (Å²) in [5.74, 6) is 2.01. The van der Waals surface area contributed by atoms with Crippen LogP contribution in [0.5, 0.6) is 0 Å². The lowest BCUT2D eigenvalue weighted by Gasteiger charge is -2.63. The quantitative estimate of drug-likeness (QED) is 0.759. The minimum Gasteiger partial charge on any atom is -0.431 e. The maximum atomic E-state index is 12.2. The molecule has 0 aromatic carbocycles. The molecule has 0 saturated heterocycles. The van der Waals surface area contributed by atoms with Crippen molar-refractivity contribution in [3.05, 3.63) is 34.4 Å². The van der Waals surface area contributed by atoms with Gasteiger partial charge in [-0.2, -0.15) is 0 Å². The Labute approximate surface area is 167 Å². The third kappa shape index (κ3) is 2.40. The minimum absolute atomic E-state index is 0.137. The van der Waals surface area contributed by atoms with Crippen molar-refractivity contribution >= 4 is 0 Å². The zero-order chi connectivity index (χ0) is 19.7. The van der Waals surface area contributed by atoms with E-state index in [1.807, 2.05) is 6.07 Å². The molecule has 0 radical (unpaired) electrons. The van der Waals surface area contributed by atoms with E-state index in [0.717, 1.165) is 43.6 Å². The van der Waals surface area contributed by atoms with Crippen LogP contribution >= 0.6 is 0 Å². The standard InChI is InChI=1S/C24H35NO3/c1-22-10-7-17(25)13-16(22)4-5-20-19(22)8-11-23(2)18(9-12-24(20,23)27)15-3-6-21(26)28-14-15/h3,6,14,16-20,27H,4-5,7-13,25H2,1-2H3/t16-,17+,18-,19?,20-,22+,23-,24+/m1/s1. The first-order valence-electron chi connectivity index (χ1n) is 11.3. The summed E-state index contributed by atoms with van der Waals surface area (Å²) < 4.78 is 5.18. The van der Waals surface area contributed by atoms with Gasteiger partial charge < -0.3 is 15.3 Å². The number of nitrogens with two attached hydrogens (primary N) is 1. The predicted molar refractivity (Wildman–Crippen MR) is 109 cm³/mol. The van der Waals surface area contributed by atoms with Crippen LogP contribution in [-0.2, 0) is 0 Å². The second-order valence-corrected chi connectivity index (χ2v) is 10.9. The Bertz CT molecular complexity index is 800. The molecular weight excluding hydrogens is 350 g/mol. The number of hydrogen-bond acceptors (Lipinski definition) is 4. The van der Waals surface area contributed by atoms with Crippen molar-refractivity contribution in [3.63, 3.8) is 0 Å². The van der Waals surface area contributed by atoms with Crippen LogP contribution in [0.15, 0.2) is 27.6 Å². The molecule has 0 bridgehead atoms. The fraction of sp³-hybridized carbons (Fsp3) is 0.792. The normalized spacial score (nSPS) is 50.5. The summed E-state index contributed by atoms with van der Waals surface area (Å²) in [4.78, 5) is 11.4. The molecule has 1 unspecified atom stereocenters. The van der Waals surface area contributed by atoms with Gasteiger partial charge in [0.1, 0.15) is 0 Å². The van der Waals surface area contributed by atoms with E-state index in [9.17, 15) is 9.90 Å². The van der Waals surface area contributed by atoms with Gasteiger partial charge >= 0.3 is 5.63 Å². The van der Waals surface area contributed by atoms with Crippen LogP contribution in [0.25, 0.3) is 0 Å². The summed E-state index contributed by atoms with van der Waals surface area (Å²) in [7, 11) is 0. The SMILES string of the molecule is C[C@]12CC[C@H](N)C[C@H]1CC[C@@H]1C2CC[C@]2(C)[C@@H](c3ccc(=O)oc3)CC[C@]12O. The number of hydrogen-bond donors (Lipinski definition) is 2. The Morgan fingerprint density at radius 1 is 1.04 bits per heavy atom. The first-order chi connectivity index (χ1) is 13.3. The van der Waals surface area contributed by atoms with Gasteiger partial charge in [-0.05, 0) is 98.5 Å². The van der Waals surface area contributed by atoms with Crippen LogP contribution in [0.1, 0.15) is 83.1 Å². The Morgan fingerprint density at radius 2 is 1.86 bits per heavy atom. The molecule has 3 N–H and O–H groups in total. The van der Waals surface area contributed by atoms with E-state index in [-0.39, 0.29) is 17.0 Å². The van der Waals surface area contributed by atoms with E-state index < -0.39 is 5.60 Å². The van der Waals surface area contributed by atoms with E-state index in [0.29, 0.717) is 23.3 Å². The Morgan fingerprint density at radius 3 is 2.61 bits per heavy atom. The lowest BCUT2D eigenvalue weighted by atomic mass is 9.43. The van der Waals surface area contributed by atoms with Crippen molar-refractivity contribution in [2.45, 2.75) is 89.2 Å². The van der Waals surface area contributed by atoms with Gasteiger partial charge in [-0.1, -0.05) is 13.8 Å². The molecule has 1 heterocycles. The van der Waals surface area contributed by atoms with Crippen LogP contribution in [0.2, 0.25) is 0 Å². The van der Waals surface area contributed by atoms with Gasteiger partial charge in [0, 0.05) is 17.5 Å². The number of aliphatic hydroxyl groups is 1. The first-order valence-corrected chi connectivity index (χ1v) is 11.3. The van der Waals surface area contributed by atoms with Gasteiger partial charge in [-0.25, -0.2) is 4.79 Å². The van der Waals surface area contributed by atoms with Crippen LogP contribution in [-0.4, -0.2) is 16.7 Å². The molecule has 4 saturated carbocycles. The average Bonchev–Trinajstić information content (AvgIpc) is 2.95. The zero-order valence-electron chi connectivity index (χ0n) is 17.3. The summed E-state index contributed by atoms with van der Waals surface area (Å²) in [5, 5.41) is 12.2. The van der Waals surface area contributed by atoms with E-state index in [1.165, 1.54) is 31.7 Å². The lowest BCUT2D eigenvalue weighted by Crippen LogP contribution is -2.62. The predicted octanol–water partition coefficient (Wildman–Crippen LogP) is 4.21. The average molecular weight is 386 g/mol. The number of fused-ring (bicyclic) bond motifs is 5. The third-order valence-corrected chi connectivity index (χ3v) is 10.0. The molecule has 1 aromatic heterocycles. The van der Waals surface area contributed by atoms with Gasteiger partial charge in [-0.3, -0.25) is 0 Å². The van der Waals surface area contributed by atoms with E-state index >= 15 is 0 Å². The van der Waals surface area contributed by atoms with Gasteiger partial charge in [0.2, 0.25) is 0 Å². The summed E-state index contributed by atoms with van der Waals surface area (Å²) in [5.41, 5.74) is 6.70. The number of rotatable bonds is 1. The van der Waals surface area contributed by atoms with Gasteiger partial charge in [0.25, 0.3) is 0 Å². The zero-order valence-corrected chi connectivity index (χ0v) is 17.3. The molecule has 4 fully saturated rings. The van der Waals surface area contributed by atoms with Crippen molar-refractivity contribution in [3.8, 4) is 0 Å². The molecule has 0 spiro atoms. The fourth-order valence-corrected chi connectivity index (χ4v) is 8.36. The van der Waals surface area contributed by atoms with Crippen LogP contribution in [0, 0.1) is 28.6 Å². The Hall–Kier alpha value is -1.13. The molecule has 0 amide bonds. The summed E-state index contributed by atoms with van der Waals surface area (Å²) in [6, 6.07) is 3.81. The van der Waals surface area contributed by atoms with Crippen molar-refractivity contribution in [2.24, 2.45) is 34.3 Å². The molecule has 4 aliphatic carbocycles. The smallest absolute Gasteiger partial charge is 0.335 e. The topological polar surface area (TPSA) is 76.5 Å². The second kappa shape index (κ2) is 6.18. The molecule has 4 heteroatoms. The molecule has 5 rings (SSSR count). The highest BCUT2D eigenvalue weighted by Gasteiger charge is 2.67.